The summed E-state index contributed by atoms with van der Waals surface area (Å²) in [4.78, 5) is 3.41. The molecule has 1 rings (SSSR count). The minimum absolute atomic E-state index is 0.228. The molecule has 70 valence electrons. The highest BCUT2D eigenvalue weighted by atomic mass is 32.1. The van der Waals surface area contributed by atoms with Crippen LogP contribution in [-0.2, 0) is 0 Å². The minimum Gasteiger partial charge on any atom is -0.377 e. The molecule has 0 unspecified atom stereocenters. The fourth-order valence-electron chi connectivity index (χ4n) is 1.64. The molecule has 1 atom stereocenters. The van der Waals surface area contributed by atoms with Crippen LogP contribution in [0.15, 0.2) is 0 Å². The summed E-state index contributed by atoms with van der Waals surface area (Å²) in [5.74, 6) is 0. The summed E-state index contributed by atoms with van der Waals surface area (Å²) >= 11 is 5.15. The smallest absolute Gasteiger partial charge is 0.0896 e. The molecule has 1 aliphatic rings. The van der Waals surface area contributed by atoms with Gasteiger partial charge in [-0.25, -0.2) is 0 Å². The van der Waals surface area contributed by atoms with E-state index in [1.165, 1.54) is 0 Å². The molecule has 3 heteroatoms. The number of hydrogen-bond donors (Lipinski definition) is 1. The molecule has 1 N–H and O–H groups in total. The lowest BCUT2D eigenvalue weighted by atomic mass is 10.0. The Morgan fingerprint density at radius 3 is 2.50 bits per heavy atom. The first-order valence-corrected chi connectivity index (χ1v) is 4.85. The molecule has 0 aromatic rings. The molecule has 0 bridgehead atoms. The predicted molar refractivity (Wildman–Crippen MR) is 56.5 cm³/mol. The van der Waals surface area contributed by atoms with Crippen molar-refractivity contribution in [2.75, 3.05) is 13.1 Å². The van der Waals surface area contributed by atoms with E-state index in [0.717, 1.165) is 18.1 Å². The van der Waals surface area contributed by atoms with E-state index in [0.29, 0.717) is 6.04 Å². The normalized spacial score (nSPS) is 27.0. The monoisotopic (exact) mass is 186 g/mol. The second kappa shape index (κ2) is 3.30. The fraction of sp³-hybridized carbons (Fsp3) is 0.889. The number of hydrogen-bond acceptors (Lipinski definition) is 2. The first-order valence-electron chi connectivity index (χ1n) is 4.44. The zero-order valence-corrected chi connectivity index (χ0v) is 9.16. The Hall–Kier alpha value is -0.150. The zero-order chi connectivity index (χ0) is 9.35. The molecule has 12 heavy (non-hydrogen) atoms. The number of rotatable bonds is 0. The van der Waals surface area contributed by atoms with Gasteiger partial charge >= 0.3 is 0 Å². The lowest BCUT2D eigenvalue weighted by Crippen LogP contribution is -2.58. The van der Waals surface area contributed by atoms with Gasteiger partial charge in [-0.3, -0.25) is 4.90 Å². The Morgan fingerprint density at radius 2 is 2.08 bits per heavy atom. The molecule has 0 saturated carbocycles. The van der Waals surface area contributed by atoms with Crippen molar-refractivity contribution in [1.82, 2.24) is 10.2 Å². The van der Waals surface area contributed by atoms with Crippen LogP contribution in [0.5, 0.6) is 0 Å². The van der Waals surface area contributed by atoms with Gasteiger partial charge in [-0.15, -0.1) is 0 Å². The van der Waals surface area contributed by atoms with Gasteiger partial charge in [0.05, 0.1) is 4.99 Å². The Labute approximate surface area is 80.3 Å². The SMILES string of the molecule is C[C@H]1CNC(=S)CN1C(C)(C)C. The van der Waals surface area contributed by atoms with Gasteiger partial charge in [0, 0.05) is 24.7 Å². The van der Waals surface area contributed by atoms with Crippen molar-refractivity contribution in [2.24, 2.45) is 0 Å². The Kier molecular flexibility index (Phi) is 2.74. The maximum atomic E-state index is 5.15. The quantitative estimate of drug-likeness (QED) is 0.576. The molecule has 0 aromatic heterocycles. The fourth-order valence-corrected chi connectivity index (χ4v) is 1.86. The Morgan fingerprint density at radius 1 is 1.50 bits per heavy atom. The molecule has 2 nitrogen and oxygen atoms in total. The van der Waals surface area contributed by atoms with Crippen LogP contribution in [0.25, 0.3) is 0 Å². The van der Waals surface area contributed by atoms with Gasteiger partial charge in [0.15, 0.2) is 0 Å². The van der Waals surface area contributed by atoms with Gasteiger partial charge in [-0.1, -0.05) is 12.2 Å². The van der Waals surface area contributed by atoms with E-state index in [4.69, 9.17) is 12.2 Å². The molecule has 0 amide bonds. The summed E-state index contributed by atoms with van der Waals surface area (Å²) < 4.78 is 0. The van der Waals surface area contributed by atoms with Gasteiger partial charge in [0.25, 0.3) is 0 Å². The van der Waals surface area contributed by atoms with Gasteiger partial charge in [0.2, 0.25) is 0 Å². The minimum atomic E-state index is 0.228. The summed E-state index contributed by atoms with van der Waals surface area (Å²) in [6, 6.07) is 0.580. The number of piperazine rings is 1. The number of nitrogens with zero attached hydrogens (tertiary/aromatic N) is 1. The molecule has 0 radical (unpaired) electrons. The average Bonchev–Trinajstić information content (AvgIpc) is 1.92. The standard InChI is InChI=1S/C9H18N2S/c1-7-5-10-8(12)6-11(7)9(2,3)4/h7H,5-6H2,1-4H3,(H,10,12)/t7-/m0/s1. The molecule has 0 spiro atoms. The van der Waals surface area contributed by atoms with E-state index in [1.807, 2.05) is 0 Å². The van der Waals surface area contributed by atoms with E-state index in [9.17, 15) is 0 Å². The third kappa shape index (κ3) is 2.17. The lowest BCUT2D eigenvalue weighted by Gasteiger charge is -2.43. The largest absolute Gasteiger partial charge is 0.377 e. The highest BCUT2D eigenvalue weighted by Gasteiger charge is 2.29. The third-order valence-electron chi connectivity index (χ3n) is 2.30. The van der Waals surface area contributed by atoms with Gasteiger partial charge in [-0.2, -0.15) is 0 Å². The summed E-state index contributed by atoms with van der Waals surface area (Å²) in [5, 5.41) is 3.22. The van der Waals surface area contributed by atoms with Gasteiger partial charge in [0.1, 0.15) is 0 Å². The first kappa shape index (κ1) is 9.93. The van der Waals surface area contributed by atoms with E-state index in [1.54, 1.807) is 0 Å². The van der Waals surface area contributed by atoms with Crippen LogP contribution >= 0.6 is 12.2 Å². The maximum Gasteiger partial charge on any atom is 0.0896 e. The Balaban J connectivity index is 2.67. The van der Waals surface area contributed by atoms with Crippen LogP contribution in [0.3, 0.4) is 0 Å². The lowest BCUT2D eigenvalue weighted by molar-refractivity contribution is 0.102. The predicted octanol–water partition coefficient (Wildman–Crippen LogP) is 1.41. The van der Waals surface area contributed by atoms with E-state index >= 15 is 0 Å². The molecule has 0 aliphatic carbocycles. The second-order valence-corrected chi connectivity index (χ2v) is 4.94. The van der Waals surface area contributed by atoms with Crippen LogP contribution in [0.1, 0.15) is 27.7 Å². The number of thiocarbonyl (C=S) groups is 1. The molecule has 1 saturated heterocycles. The molecule has 1 heterocycles. The van der Waals surface area contributed by atoms with Crippen molar-refractivity contribution >= 4 is 17.2 Å². The van der Waals surface area contributed by atoms with Gasteiger partial charge < -0.3 is 5.32 Å². The molecular formula is C9H18N2S. The maximum absolute atomic E-state index is 5.15. The van der Waals surface area contributed by atoms with Crippen LogP contribution in [0.2, 0.25) is 0 Å². The Bertz CT molecular complexity index is 183. The summed E-state index contributed by atoms with van der Waals surface area (Å²) in [6.45, 7) is 10.8. The van der Waals surface area contributed by atoms with Crippen molar-refractivity contribution in [1.29, 1.82) is 0 Å². The number of nitrogens with one attached hydrogen (secondary N) is 1. The summed E-state index contributed by atoms with van der Waals surface area (Å²) in [6.07, 6.45) is 0. The van der Waals surface area contributed by atoms with E-state index < -0.39 is 0 Å². The van der Waals surface area contributed by atoms with Crippen molar-refractivity contribution in [3.63, 3.8) is 0 Å². The van der Waals surface area contributed by atoms with Crippen LogP contribution in [-0.4, -0.2) is 34.6 Å². The van der Waals surface area contributed by atoms with Crippen molar-refractivity contribution in [3.05, 3.63) is 0 Å². The summed E-state index contributed by atoms with van der Waals surface area (Å²) in [5.41, 5.74) is 0.228. The van der Waals surface area contributed by atoms with Crippen molar-refractivity contribution in [3.8, 4) is 0 Å². The van der Waals surface area contributed by atoms with Crippen molar-refractivity contribution in [2.45, 2.75) is 39.3 Å². The second-order valence-electron chi connectivity index (χ2n) is 4.45. The molecule has 0 aromatic carbocycles. The van der Waals surface area contributed by atoms with E-state index in [2.05, 4.69) is 37.9 Å². The molecule has 1 aliphatic heterocycles. The third-order valence-corrected chi connectivity index (χ3v) is 2.58. The van der Waals surface area contributed by atoms with Crippen LogP contribution < -0.4 is 5.32 Å². The van der Waals surface area contributed by atoms with Crippen LogP contribution in [0.4, 0.5) is 0 Å². The highest BCUT2D eigenvalue weighted by molar-refractivity contribution is 7.80. The highest BCUT2D eigenvalue weighted by Crippen LogP contribution is 2.18. The van der Waals surface area contributed by atoms with E-state index in [-0.39, 0.29) is 5.54 Å². The first-order chi connectivity index (χ1) is 5.41. The van der Waals surface area contributed by atoms with Gasteiger partial charge in [-0.05, 0) is 27.7 Å². The average molecular weight is 186 g/mol. The topological polar surface area (TPSA) is 15.3 Å². The van der Waals surface area contributed by atoms with Crippen LogP contribution in [0, 0.1) is 0 Å². The molecule has 1 fully saturated rings. The molecular weight excluding hydrogens is 168 g/mol. The zero-order valence-electron chi connectivity index (χ0n) is 8.35. The summed E-state index contributed by atoms with van der Waals surface area (Å²) in [7, 11) is 0. The van der Waals surface area contributed by atoms with Crippen molar-refractivity contribution < 1.29 is 0 Å².